The largest absolute Gasteiger partial charge is 0.301 e. The normalized spacial score (nSPS) is 11.2. The number of carbonyl (C=O) groups excluding carboxylic acids is 1. The number of sulfonamides is 1. The molecule has 0 aliphatic heterocycles. The second-order valence-electron chi connectivity index (χ2n) is 3.78. The van der Waals surface area contributed by atoms with Crippen LogP contribution in [0.4, 0.5) is 10.8 Å². The van der Waals surface area contributed by atoms with Crippen molar-refractivity contribution < 1.29 is 13.2 Å². The van der Waals surface area contributed by atoms with Crippen molar-refractivity contribution in [2.75, 3.05) is 10.0 Å². The van der Waals surface area contributed by atoms with Crippen LogP contribution in [0.1, 0.15) is 6.92 Å². The van der Waals surface area contributed by atoms with E-state index in [4.69, 9.17) is 11.6 Å². The van der Waals surface area contributed by atoms with Gasteiger partial charge in [-0.25, -0.2) is 0 Å². The second-order valence-corrected chi connectivity index (χ2v) is 7.91. The van der Waals surface area contributed by atoms with Crippen LogP contribution in [0.5, 0.6) is 0 Å². The van der Waals surface area contributed by atoms with Crippen molar-refractivity contribution in [2.45, 2.75) is 11.3 Å². The summed E-state index contributed by atoms with van der Waals surface area (Å²) in [6.07, 6.45) is 0. The van der Waals surface area contributed by atoms with Crippen LogP contribution < -0.4 is 10.0 Å². The molecule has 0 fully saturated rings. The first-order chi connectivity index (χ1) is 9.78. The summed E-state index contributed by atoms with van der Waals surface area (Å²) in [5.41, 5.74) is 0.315. The minimum Gasteiger partial charge on any atom is -0.301 e. The summed E-state index contributed by atoms with van der Waals surface area (Å²) in [7, 11) is -3.89. The Morgan fingerprint density at radius 3 is 2.71 bits per heavy atom. The van der Waals surface area contributed by atoms with Gasteiger partial charge in [0, 0.05) is 16.4 Å². The molecule has 0 atom stereocenters. The van der Waals surface area contributed by atoms with Crippen LogP contribution in [0.2, 0.25) is 5.02 Å². The van der Waals surface area contributed by atoms with Gasteiger partial charge in [-0.2, -0.15) is 8.42 Å². The predicted molar refractivity (Wildman–Crippen MR) is 84.2 cm³/mol. The van der Waals surface area contributed by atoms with Gasteiger partial charge < -0.3 is 5.32 Å². The first-order valence-corrected chi connectivity index (χ1v) is 8.84. The van der Waals surface area contributed by atoms with Gasteiger partial charge in [-0.05, 0) is 34.1 Å². The number of nitrogens with zero attached hydrogens (tertiary/aromatic N) is 2. The number of anilines is 2. The third kappa shape index (κ3) is 4.13. The first-order valence-electron chi connectivity index (χ1n) is 5.37. The summed E-state index contributed by atoms with van der Waals surface area (Å²) < 4.78 is 26.9. The number of halogens is 2. The maximum atomic E-state index is 12.2. The van der Waals surface area contributed by atoms with Crippen molar-refractivity contribution in [1.29, 1.82) is 0 Å². The fourth-order valence-corrected chi connectivity index (χ4v) is 4.22. The van der Waals surface area contributed by atoms with Crippen LogP contribution in [-0.2, 0) is 14.8 Å². The lowest BCUT2D eigenvalue weighted by Gasteiger charge is -2.07. The van der Waals surface area contributed by atoms with Gasteiger partial charge in [-0.3, -0.25) is 9.52 Å². The van der Waals surface area contributed by atoms with Crippen molar-refractivity contribution in [3.63, 3.8) is 0 Å². The zero-order valence-electron chi connectivity index (χ0n) is 10.4. The predicted octanol–water partition coefficient (Wildman–Crippen LogP) is 2.71. The zero-order valence-corrected chi connectivity index (χ0v) is 14.4. The van der Waals surface area contributed by atoms with E-state index in [1.807, 2.05) is 0 Å². The summed E-state index contributed by atoms with van der Waals surface area (Å²) in [5.74, 6) is -0.358. The summed E-state index contributed by atoms with van der Waals surface area (Å²) in [6.45, 7) is 1.29. The highest BCUT2D eigenvalue weighted by Crippen LogP contribution is 2.29. The molecule has 112 valence electrons. The summed E-state index contributed by atoms with van der Waals surface area (Å²) in [4.78, 5) is 10.9. The van der Waals surface area contributed by atoms with Crippen molar-refractivity contribution in [3.05, 3.63) is 27.7 Å². The van der Waals surface area contributed by atoms with Crippen molar-refractivity contribution in [2.24, 2.45) is 0 Å². The maximum absolute atomic E-state index is 12.2. The van der Waals surface area contributed by atoms with Crippen molar-refractivity contribution in [3.8, 4) is 0 Å². The Labute approximate surface area is 137 Å². The average Bonchev–Trinajstić information content (AvgIpc) is 2.81. The van der Waals surface area contributed by atoms with Crippen LogP contribution in [0.15, 0.2) is 27.0 Å². The lowest BCUT2D eigenvalue weighted by molar-refractivity contribution is -0.114. The van der Waals surface area contributed by atoms with Crippen LogP contribution in [0, 0.1) is 0 Å². The molecule has 1 heterocycles. The Morgan fingerprint density at radius 2 is 2.10 bits per heavy atom. The van der Waals surface area contributed by atoms with E-state index in [-0.39, 0.29) is 15.4 Å². The highest BCUT2D eigenvalue weighted by Gasteiger charge is 2.21. The quantitative estimate of drug-likeness (QED) is 0.753. The molecule has 0 aliphatic carbocycles. The molecule has 0 radical (unpaired) electrons. The Bertz CT molecular complexity index is 793. The molecule has 2 aromatic rings. The van der Waals surface area contributed by atoms with E-state index in [2.05, 4.69) is 36.2 Å². The molecule has 1 aromatic heterocycles. The molecule has 0 bridgehead atoms. The second kappa shape index (κ2) is 6.26. The van der Waals surface area contributed by atoms with Crippen molar-refractivity contribution in [1.82, 2.24) is 10.2 Å². The van der Waals surface area contributed by atoms with Crippen LogP contribution in [0.3, 0.4) is 0 Å². The van der Waals surface area contributed by atoms with Crippen LogP contribution in [-0.4, -0.2) is 24.5 Å². The Kier molecular flexibility index (Phi) is 4.81. The lowest BCUT2D eigenvalue weighted by atomic mass is 10.3. The monoisotopic (exact) mass is 410 g/mol. The molecule has 1 aromatic carbocycles. The van der Waals surface area contributed by atoms with E-state index in [0.717, 1.165) is 11.3 Å². The summed E-state index contributed by atoms with van der Waals surface area (Å²) >= 11 is 9.75. The van der Waals surface area contributed by atoms with Gasteiger partial charge in [-0.15, -0.1) is 10.2 Å². The number of amides is 1. The number of nitrogens with one attached hydrogen (secondary N) is 2. The fourth-order valence-electron chi connectivity index (χ4n) is 1.28. The number of rotatable bonds is 4. The summed E-state index contributed by atoms with van der Waals surface area (Å²) in [6, 6.07) is 4.62. The van der Waals surface area contributed by atoms with Crippen LogP contribution >= 0.6 is 38.9 Å². The van der Waals surface area contributed by atoms with E-state index in [0.29, 0.717) is 15.2 Å². The Hall–Kier alpha value is -1.23. The molecule has 1 amide bonds. The molecule has 0 aliphatic rings. The fraction of sp³-hybridized carbons (Fsp3) is 0.100. The summed E-state index contributed by atoms with van der Waals surface area (Å²) in [5, 5.41) is 10.1. The lowest BCUT2D eigenvalue weighted by Crippen LogP contribution is -2.13. The third-order valence-corrected chi connectivity index (χ3v) is 5.56. The molecule has 0 spiro atoms. The van der Waals surface area contributed by atoms with E-state index < -0.39 is 10.0 Å². The minimum atomic E-state index is -3.89. The van der Waals surface area contributed by atoms with E-state index in [9.17, 15) is 13.2 Å². The number of aromatic nitrogens is 2. The van der Waals surface area contributed by atoms with Gasteiger partial charge in [0.25, 0.3) is 14.4 Å². The molecule has 0 unspecified atom stereocenters. The van der Waals surface area contributed by atoms with E-state index >= 15 is 0 Å². The highest BCUT2D eigenvalue weighted by molar-refractivity contribution is 9.10. The molecule has 0 saturated heterocycles. The van der Waals surface area contributed by atoms with E-state index in [1.54, 1.807) is 12.1 Å². The van der Waals surface area contributed by atoms with Gasteiger partial charge in [0.1, 0.15) is 0 Å². The topological polar surface area (TPSA) is 101 Å². The number of hydrogen-bond acceptors (Lipinski definition) is 6. The number of benzene rings is 1. The highest BCUT2D eigenvalue weighted by atomic mass is 79.9. The van der Waals surface area contributed by atoms with Gasteiger partial charge in [-0.1, -0.05) is 22.9 Å². The van der Waals surface area contributed by atoms with Gasteiger partial charge in [0.05, 0.1) is 5.69 Å². The van der Waals surface area contributed by atoms with Gasteiger partial charge >= 0.3 is 0 Å². The Morgan fingerprint density at radius 1 is 1.38 bits per heavy atom. The molecule has 21 heavy (non-hydrogen) atoms. The molecule has 2 N–H and O–H groups in total. The molecular formula is C10H8BrClN4O3S2. The molecule has 11 heteroatoms. The SMILES string of the molecule is CC(=O)Nc1nnc(S(=O)(=O)Nc2ccc(Cl)cc2Br)s1. The third-order valence-electron chi connectivity index (χ3n) is 2.09. The van der Waals surface area contributed by atoms with Gasteiger partial charge in [0.15, 0.2) is 0 Å². The molecule has 2 rings (SSSR count). The van der Waals surface area contributed by atoms with Crippen molar-refractivity contribution >= 4 is 65.6 Å². The minimum absolute atomic E-state index is 0.109. The number of carbonyl (C=O) groups is 1. The smallest absolute Gasteiger partial charge is 0.291 e. The Balaban J connectivity index is 2.25. The van der Waals surface area contributed by atoms with Crippen LogP contribution in [0.25, 0.3) is 0 Å². The molecule has 0 saturated carbocycles. The van der Waals surface area contributed by atoms with Gasteiger partial charge in [0.2, 0.25) is 11.0 Å². The number of hydrogen-bond donors (Lipinski definition) is 2. The average molecular weight is 412 g/mol. The first kappa shape index (κ1) is 16.1. The standard InChI is InChI=1S/C10H8BrClN4O3S2/c1-5(17)13-9-14-15-10(20-9)21(18,19)16-8-3-2-6(12)4-7(8)11/h2-4,16H,1H3,(H,13,14,17). The van der Waals surface area contributed by atoms with E-state index in [1.165, 1.54) is 13.0 Å². The molecular weight excluding hydrogens is 404 g/mol. The zero-order chi connectivity index (χ0) is 15.6. The maximum Gasteiger partial charge on any atom is 0.291 e. The molecule has 7 nitrogen and oxygen atoms in total.